The minimum Gasteiger partial charge on any atom is -0.464 e. The Balaban J connectivity index is 1.53. The van der Waals surface area contributed by atoms with Gasteiger partial charge in [-0.1, -0.05) is 24.3 Å². The largest absolute Gasteiger partial charge is 0.464 e. The molecule has 3 aromatic rings. The van der Waals surface area contributed by atoms with Crippen LogP contribution in [0.5, 0.6) is 0 Å². The number of fused-ring (bicyclic) bond motifs is 1. The van der Waals surface area contributed by atoms with E-state index in [9.17, 15) is 14.0 Å². The number of carbonyl (C=O) groups excluding carboxylic acids is 1. The van der Waals surface area contributed by atoms with Crippen molar-refractivity contribution in [1.82, 2.24) is 5.32 Å². The molecule has 35 heavy (non-hydrogen) atoms. The van der Waals surface area contributed by atoms with Gasteiger partial charge in [0.05, 0.1) is 38.1 Å². The van der Waals surface area contributed by atoms with Crippen molar-refractivity contribution in [2.24, 2.45) is 0 Å². The van der Waals surface area contributed by atoms with E-state index in [4.69, 9.17) is 23.7 Å². The van der Waals surface area contributed by atoms with Gasteiger partial charge in [-0.3, -0.25) is 9.59 Å². The third kappa shape index (κ3) is 6.33. The van der Waals surface area contributed by atoms with Crippen LogP contribution in [0.15, 0.2) is 75.8 Å². The number of hydrogen-bond donors (Lipinski definition) is 2. The second-order valence-corrected chi connectivity index (χ2v) is 7.95. The van der Waals surface area contributed by atoms with Gasteiger partial charge in [0.1, 0.15) is 11.4 Å². The Hall–Kier alpha value is -3.53. The molecule has 2 heterocycles. The summed E-state index contributed by atoms with van der Waals surface area (Å²) < 4.78 is 35.5. The number of carbonyl (C=O) groups is 1. The van der Waals surface area contributed by atoms with E-state index in [1.165, 1.54) is 18.4 Å². The first-order valence-corrected chi connectivity index (χ1v) is 11.3. The molecule has 2 atom stereocenters. The van der Waals surface area contributed by atoms with Crippen molar-refractivity contribution in [2.75, 3.05) is 26.4 Å². The van der Waals surface area contributed by atoms with Gasteiger partial charge in [0.15, 0.2) is 11.2 Å². The Morgan fingerprint density at radius 1 is 1.11 bits per heavy atom. The van der Waals surface area contributed by atoms with Crippen LogP contribution in [-0.4, -0.2) is 43.7 Å². The number of amides is 1. The lowest BCUT2D eigenvalue weighted by Gasteiger charge is -2.29. The molecule has 0 spiro atoms. The topological polar surface area (TPSA) is 107 Å². The van der Waals surface area contributed by atoms with Crippen molar-refractivity contribution in [1.29, 1.82) is 0 Å². The van der Waals surface area contributed by atoms with E-state index < -0.39 is 18.1 Å². The van der Waals surface area contributed by atoms with E-state index in [1.54, 1.807) is 42.5 Å². The van der Waals surface area contributed by atoms with Crippen LogP contribution in [-0.2, 0) is 25.5 Å². The van der Waals surface area contributed by atoms with Gasteiger partial charge in [0.25, 0.3) is 5.91 Å². The van der Waals surface area contributed by atoms with Gasteiger partial charge >= 0.3 is 0 Å². The lowest BCUT2D eigenvalue weighted by Crippen LogP contribution is -2.34. The van der Waals surface area contributed by atoms with Gasteiger partial charge < -0.3 is 29.1 Å². The SMILES string of the molecule is O=C(NCc1ccc(F)cc1)C1=C[C@H](c2coc3ccccc3c2=O)C[C@H](OCCOCCO)O1. The van der Waals surface area contributed by atoms with Gasteiger partial charge in [-0.25, -0.2) is 4.39 Å². The normalized spacial score (nSPS) is 17.6. The molecular formula is C26H26FNO7. The van der Waals surface area contributed by atoms with E-state index in [0.29, 0.717) is 16.5 Å². The molecule has 0 saturated carbocycles. The highest BCUT2D eigenvalue weighted by Gasteiger charge is 2.30. The van der Waals surface area contributed by atoms with Crippen LogP contribution >= 0.6 is 0 Å². The van der Waals surface area contributed by atoms with Gasteiger partial charge in [-0.05, 0) is 35.9 Å². The minimum atomic E-state index is -0.805. The number of rotatable bonds is 10. The number of allylic oxidation sites excluding steroid dienone is 1. The summed E-state index contributed by atoms with van der Waals surface area (Å²) in [6.07, 6.45) is 2.48. The monoisotopic (exact) mass is 483 g/mol. The Morgan fingerprint density at radius 3 is 2.71 bits per heavy atom. The molecule has 0 saturated heterocycles. The molecule has 4 rings (SSSR count). The van der Waals surface area contributed by atoms with E-state index >= 15 is 0 Å². The molecule has 1 aliphatic rings. The quantitative estimate of drug-likeness (QED) is 0.427. The van der Waals surface area contributed by atoms with Crippen LogP contribution in [0.4, 0.5) is 4.39 Å². The maximum atomic E-state index is 13.1. The summed E-state index contributed by atoms with van der Waals surface area (Å²) in [5.74, 6) is -1.33. The number of para-hydroxylation sites is 1. The van der Waals surface area contributed by atoms with Crippen molar-refractivity contribution in [3.05, 3.63) is 93.8 Å². The third-order valence-electron chi connectivity index (χ3n) is 5.52. The zero-order valence-electron chi connectivity index (χ0n) is 18.9. The van der Waals surface area contributed by atoms with Crippen LogP contribution in [0.3, 0.4) is 0 Å². The zero-order chi connectivity index (χ0) is 24.6. The Kier molecular flexibility index (Phi) is 8.25. The summed E-state index contributed by atoms with van der Waals surface area (Å²) in [7, 11) is 0. The molecule has 9 heteroatoms. The smallest absolute Gasteiger partial charge is 0.286 e. The molecule has 2 aromatic carbocycles. The molecule has 0 unspecified atom stereocenters. The third-order valence-corrected chi connectivity index (χ3v) is 5.52. The first-order chi connectivity index (χ1) is 17.0. The van der Waals surface area contributed by atoms with Crippen molar-refractivity contribution in [3.8, 4) is 0 Å². The highest BCUT2D eigenvalue weighted by atomic mass is 19.1. The highest BCUT2D eigenvalue weighted by Crippen LogP contribution is 2.31. The van der Waals surface area contributed by atoms with Crippen LogP contribution in [0, 0.1) is 5.82 Å². The Bertz CT molecular complexity index is 1240. The van der Waals surface area contributed by atoms with Crippen molar-refractivity contribution in [2.45, 2.75) is 25.2 Å². The molecule has 0 radical (unpaired) electrons. The van der Waals surface area contributed by atoms with Crippen molar-refractivity contribution >= 4 is 16.9 Å². The lowest BCUT2D eigenvalue weighted by atomic mass is 9.93. The van der Waals surface area contributed by atoms with Gasteiger partial charge in [0, 0.05) is 24.4 Å². The fourth-order valence-electron chi connectivity index (χ4n) is 3.76. The summed E-state index contributed by atoms with van der Waals surface area (Å²) in [5.41, 5.74) is 1.40. The summed E-state index contributed by atoms with van der Waals surface area (Å²) >= 11 is 0. The molecule has 1 aromatic heterocycles. The number of benzene rings is 2. The van der Waals surface area contributed by atoms with E-state index in [2.05, 4.69) is 5.32 Å². The van der Waals surface area contributed by atoms with Crippen molar-refractivity contribution < 1.29 is 32.9 Å². The lowest BCUT2D eigenvalue weighted by molar-refractivity contribution is -0.151. The first kappa shape index (κ1) is 24.6. The van der Waals surface area contributed by atoms with Crippen LogP contribution < -0.4 is 10.7 Å². The highest BCUT2D eigenvalue weighted by molar-refractivity contribution is 5.91. The summed E-state index contributed by atoms with van der Waals surface area (Å²) in [4.78, 5) is 26.0. The molecule has 1 amide bonds. The minimum absolute atomic E-state index is 0.0113. The fourth-order valence-corrected chi connectivity index (χ4v) is 3.76. The molecule has 0 aliphatic carbocycles. The number of hydrogen-bond acceptors (Lipinski definition) is 7. The number of ether oxygens (including phenoxy) is 3. The van der Waals surface area contributed by atoms with Gasteiger partial charge in [0.2, 0.25) is 6.29 Å². The zero-order valence-corrected chi connectivity index (χ0v) is 18.9. The average molecular weight is 483 g/mol. The number of nitrogens with one attached hydrogen (secondary N) is 1. The molecule has 0 fully saturated rings. The number of halogens is 1. The maximum absolute atomic E-state index is 13.1. The van der Waals surface area contributed by atoms with Crippen LogP contribution in [0.2, 0.25) is 0 Å². The standard InChI is InChI=1S/C26H26FNO7/c27-19-7-5-17(6-8-19)15-28-26(31)23-13-18(14-24(35-23)33-12-11-32-10-9-29)21-16-34-22-4-2-1-3-20(22)25(21)30/h1-8,13,16,18,24,29H,9-12,14-15H2,(H,28,31)/t18-,24+/m0/s1. The first-order valence-electron chi connectivity index (χ1n) is 11.3. The molecule has 2 N–H and O–H groups in total. The van der Waals surface area contributed by atoms with E-state index in [1.807, 2.05) is 0 Å². The van der Waals surface area contributed by atoms with Gasteiger partial charge in [-0.15, -0.1) is 0 Å². The molecule has 8 nitrogen and oxygen atoms in total. The summed E-state index contributed by atoms with van der Waals surface area (Å²) in [6, 6.07) is 12.7. The maximum Gasteiger partial charge on any atom is 0.286 e. The fraction of sp³-hybridized carbons (Fsp3) is 0.308. The molecular weight excluding hydrogens is 457 g/mol. The van der Waals surface area contributed by atoms with E-state index in [0.717, 1.165) is 5.56 Å². The predicted octanol–water partition coefficient (Wildman–Crippen LogP) is 2.99. The molecule has 1 aliphatic heterocycles. The molecule has 184 valence electrons. The number of aliphatic hydroxyl groups is 1. The van der Waals surface area contributed by atoms with Crippen LogP contribution in [0.25, 0.3) is 11.0 Å². The Labute approximate surface area is 200 Å². The molecule has 0 bridgehead atoms. The second-order valence-electron chi connectivity index (χ2n) is 7.95. The Morgan fingerprint density at radius 2 is 1.91 bits per heavy atom. The van der Waals surface area contributed by atoms with Crippen molar-refractivity contribution in [3.63, 3.8) is 0 Å². The van der Waals surface area contributed by atoms with Gasteiger partial charge in [-0.2, -0.15) is 0 Å². The number of aliphatic hydroxyl groups excluding tert-OH is 1. The second kappa shape index (κ2) is 11.7. The van der Waals surface area contributed by atoms with E-state index in [-0.39, 0.29) is 56.4 Å². The average Bonchev–Trinajstić information content (AvgIpc) is 2.88. The summed E-state index contributed by atoms with van der Waals surface area (Å²) in [6.45, 7) is 0.670. The summed E-state index contributed by atoms with van der Waals surface area (Å²) in [5, 5.41) is 12.0. The predicted molar refractivity (Wildman–Crippen MR) is 125 cm³/mol. The van der Waals surface area contributed by atoms with Crippen LogP contribution in [0.1, 0.15) is 23.5 Å².